The number of halogens is 2. The number of carbonyl (C=O) groups excluding carboxylic acids is 1. The Hall–Kier alpha value is -1.46. The maximum Gasteiger partial charge on any atom is 0.256 e. The van der Waals surface area contributed by atoms with Crippen LogP contribution in [0.4, 0.5) is 5.82 Å². The molecular weight excluding hydrogens is 318 g/mol. The molecule has 4 nitrogen and oxygen atoms in total. The van der Waals surface area contributed by atoms with Crippen LogP contribution in [0.3, 0.4) is 0 Å². The SMILES string of the molecule is Cc1ccc(C(=O)Nc2ccnc(Cl)n2)cc1Br. The zero-order chi connectivity index (χ0) is 13.1. The van der Waals surface area contributed by atoms with Gasteiger partial charge < -0.3 is 5.32 Å². The van der Waals surface area contributed by atoms with Crippen LogP contribution in [0, 0.1) is 6.92 Å². The van der Waals surface area contributed by atoms with Gasteiger partial charge in [0, 0.05) is 16.2 Å². The number of rotatable bonds is 2. The lowest BCUT2D eigenvalue weighted by Gasteiger charge is -2.05. The van der Waals surface area contributed by atoms with Gasteiger partial charge in [0.1, 0.15) is 5.82 Å². The summed E-state index contributed by atoms with van der Waals surface area (Å²) in [7, 11) is 0. The Kier molecular flexibility index (Phi) is 3.93. The second-order valence-corrected chi connectivity index (χ2v) is 4.82. The fourth-order valence-electron chi connectivity index (χ4n) is 1.33. The summed E-state index contributed by atoms with van der Waals surface area (Å²) in [6, 6.07) is 6.95. The minimum Gasteiger partial charge on any atom is -0.306 e. The molecule has 0 aliphatic rings. The Morgan fingerprint density at radius 1 is 1.39 bits per heavy atom. The Labute approximate surface area is 118 Å². The highest BCUT2D eigenvalue weighted by Gasteiger charge is 2.08. The number of anilines is 1. The molecule has 1 amide bonds. The summed E-state index contributed by atoms with van der Waals surface area (Å²) in [5.41, 5.74) is 1.61. The molecule has 18 heavy (non-hydrogen) atoms. The quantitative estimate of drug-likeness (QED) is 0.860. The van der Waals surface area contributed by atoms with Crippen LogP contribution in [0.25, 0.3) is 0 Å². The number of nitrogens with zero attached hydrogens (tertiary/aromatic N) is 2. The van der Waals surface area contributed by atoms with Crippen LogP contribution >= 0.6 is 27.5 Å². The van der Waals surface area contributed by atoms with Gasteiger partial charge >= 0.3 is 0 Å². The van der Waals surface area contributed by atoms with Crippen molar-refractivity contribution >= 4 is 39.3 Å². The van der Waals surface area contributed by atoms with E-state index in [1.54, 1.807) is 18.2 Å². The maximum atomic E-state index is 12.0. The highest BCUT2D eigenvalue weighted by atomic mass is 79.9. The predicted octanol–water partition coefficient (Wildman–Crippen LogP) is 3.45. The summed E-state index contributed by atoms with van der Waals surface area (Å²) < 4.78 is 0.885. The van der Waals surface area contributed by atoms with E-state index in [0.717, 1.165) is 10.0 Å². The standard InChI is InChI=1S/C12H9BrClN3O/c1-7-2-3-8(6-9(7)13)11(18)16-10-4-5-15-12(14)17-10/h2-6H,1H3,(H,15,16,17,18). The van der Waals surface area contributed by atoms with Crippen LogP contribution in [-0.2, 0) is 0 Å². The van der Waals surface area contributed by atoms with Crippen molar-refractivity contribution in [1.29, 1.82) is 0 Å². The molecule has 2 aromatic rings. The van der Waals surface area contributed by atoms with Gasteiger partial charge in [-0.3, -0.25) is 4.79 Å². The van der Waals surface area contributed by atoms with Gasteiger partial charge in [0.05, 0.1) is 0 Å². The molecule has 2 rings (SSSR count). The second kappa shape index (κ2) is 5.46. The molecule has 0 aliphatic heterocycles. The lowest BCUT2D eigenvalue weighted by molar-refractivity contribution is 0.102. The van der Waals surface area contributed by atoms with Crippen LogP contribution in [0.15, 0.2) is 34.9 Å². The number of nitrogens with one attached hydrogen (secondary N) is 1. The van der Waals surface area contributed by atoms with E-state index in [9.17, 15) is 4.79 Å². The van der Waals surface area contributed by atoms with Crippen molar-refractivity contribution in [3.8, 4) is 0 Å². The number of benzene rings is 1. The molecule has 6 heteroatoms. The highest BCUT2D eigenvalue weighted by molar-refractivity contribution is 9.10. The van der Waals surface area contributed by atoms with Crippen molar-refractivity contribution in [1.82, 2.24) is 9.97 Å². The van der Waals surface area contributed by atoms with Crippen molar-refractivity contribution < 1.29 is 4.79 Å². The Balaban J connectivity index is 2.19. The van der Waals surface area contributed by atoms with Crippen LogP contribution in [0.2, 0.25) is 5.28 Å². The Bertz CT molecular complexity index is 604. The fourth-order valence-corrected chi connectivity index (χ4v) is 1.85. The van der Waals surface area contributed by atoms with E-state index < -0.39 is 0 Å². The third kappa shape index (κ3) is 3.05. The van der Waals surface area contributed by atoms with Gasteiger partial charge in [-0.25, -0.2) is 9.97 Å². The minimum atomic E-state index is -0.245. The minimum absolute atomic E-state index is 0.0953. The third-order valence-corrected chi connectivity index (χ3v) is 3.34. The van der Waals surface area contributed by atoms with Gasteiger partial charge in [-0.15, -0.1) is 0 Å². The van der Waals surface area contributed by atoms with Crippen molar-refractivity contribution in [3.05, 3.63) is 51.3 Å². The molecule has 92 valence electrons. The van der Waals surface area contributed by atoms with Crippen molar-refractivity contribution in [2.24, 2.45) is 0 Å². The van der Waals surface area contributed by atoms with E-state index in [0.29, 0.717) is 11.4 Å². The van der Waals surface area contributed by atoms with E-state index in [1.165, 1.54) is 6.20 Å². The molecule has 0 spiro atoms. The number of aromatic nitrogens is 2. The zero-order valence-corrected chi connectivity index (χ0v) is 11.8. The van der Waals surface area contributed by atoms with Gasteiger partial charge in [0.2, 0.25) is 5.28 Å². The predicted molar refractivity (Wildman–Crippen MR) is 73.9 cm³/mol. The van der Waals surface area contributed by atoms with Crippen LogP contribution in [-0.4, -0.2) is 15.9 Å². The van der Waals surface area contributed by atoms with E-state index in [-0.39, 0.29) is 11.2 Å². The molecule has 0 radical (unpaired) electrons. The molecule has 0 fully saturated rings. The van der Waals surface area contributed by atoms with Crippen molar-refractivity contribution in [2.45, 2.75) is 6.92 Å². The van der Waals surface area contributed by atoms with Gasteiger partial charge in [-0.1, -0.05) is 22.0 Å². The topological polar surface area (TPSA) is 54.9 Å². The molecule has 0 saturated carbocycles. The molecule has 1 heterocycles. The first-order valence-corrected chi connectivity index (χ1v) is 6.29. The van der Waals surface area contributed by atoms with Crippen LogP contribution in [0.5, 0.6) is 0 Å². The molecule has 1 aromatic heterocycles. The first-order valence-electron chi connectivity index (χ1n) is 5.12. The van der Waals surface area contributed by atoms with Crippen molar-refractivity contribution in [2.75, 3.05) is 5.32 Å². The molecule has 0 saturated heterocycles. The summed E-state index contributed by atoms with van der Waals surface area (Å²) in [6.45, 7) is 1.95. The summed E-state index contributed by atoms with van der Waals surface area (Å²) in [4.78, 5) is 19.6. The van der Waals surface area contributed by atoms with E-state index >= 15 is 0 Å². The second-order valence-electron chi connectivity index (χ2n) is 3.63. The lowest BCUT2D eigenvalue weighted by Crippen LogP contribution is -2.13. The first kappa shape index (κ1) is 13.0. The molecular formula is C12H9BrClN3O. The Morgan fingerprint density at radius 3 is 2.83 bits per heavy atom. The van der Waals surface area contributed by atoms with Gasteiger partial charge in [-0.05, 0) is 42.3 Å². The van der Waals surface area contributed by atoms with E-state index in [2.05, 4.69) is 31.2 Å². The Morgan fingerprint density at radius 2 is 2.17 bits per heavy atom. The maximum absolute atomic E-state index is 12.0. The summed E-state index contributed by atoms with van der Waals surface area (Å²) in [6.07, 6.45) is 1.48. The average Bonchev–Trinajstić information content (AvgIpc) is 2.32. The van der Waals surface area contributed by atoms with E-state index in [1.807, 2.05) is 13.0 Å². The summed E-state index contributed by atoms with van der Waals surface area (Å²) in [5.74, 6) is 0.127. The van der Waals surface area contributed by atoms with Crippen molar-refractivity contribution in [3.63, 3.8) is 0 Å². The zero-order valence-electron chi connectivity index (χ0n) is 9.45. The fraction of sp³-hybridized carbons (Fsp3) is 0.0833. The third-order valence-electron chi connectivity index (χ3n) is 2.30. The number of aryl methyl sites for hydroxylation is 1. The number of amides is 1. The van der Waals surface area contributed by atoms with Gasteiger partial charge in [0.15, 0.2) is 0 Å². The van der Waals surface area contributed by atoms with Crippen LogP contribution in [0.1, 0.15) is 15.9 Å². The molecule has 1 N–H and O–H groups in total. The summed E-state index contributed by atoms with van der Waals surface area (Å²) in [5, 5.41) is 2.75. The number of carbonyl (C=O) groups is 1. The average molecular weight is 327 g/mol. The largest absolute Gasteiger partial charge is 0.306 e. The van der Waals surface area contributed by atoms with Crippen LogP contribution < -0.4 is 5.32 Å². The number of hydrogen-bond donors (Lipinski definition) is 1. The molecule has 0 aliphatic carbocycles. The smallest absolute Gasteiger partial charge is 0.256 e. The van der Waals surface area contributed by atoms with E-state index in [4.69, 9.17) is 11.6 Å². The first-order chi connectivity index (χ1) is 8.56. The monoisotopic (exact) mass is 325 g/mol. The molecule has 0 bridgehead atoms. The lowest BCUT2D eigenvalue weighted by atomic mass is 10.1. The summed E-state index contributed by atoms with van der Waals surface area (Å²) >= 11 is 9.02. The molecule has 0 unspecified atom stereocenters. The highest BCUT2D eigenvalue weighted by Crippen LogP contribution is 2.18. The number of hydrogen-bond acceptors (Lipinski definition) is 3. The molecule has 0 atom stereocenters. The normalized spacial score (nSPS) is 10.2. The molecule has 1 aromatic carbocycles. The van der Waals surface area contributed by atoms with Gasteiger partial charge in [-0.2, -0.15) is 0 Å². The van der Waals surface area contributed by atoms with Gasteiger partial charge in [0.25, 0.3) is 5.91 Å².